The number of rotatable bonds is 4. The molecule has 0 radical (unpaired) electrons. The number of benzene rings is 1. The Morgan fingerprint density at radius 3 is 2.62 bits per heavy atom. The highest BCUT2D eigenvalue weighted by Gasteiger charge is 2.43. The molecule has 8 nitrogen and oxygen atoms in total. The number of nitrogens with one attached hydrogen (secondary N) is 1. The van der Waals surface area contributed by atoms with Gasteiger partial charge in [0, 0.05) is 63.1 Å². The summed E-state index contributed by atoms with van der Waals surface area (Å²) in [6.45, 7) is 8.60. The first-order valence-corrected chi connectivity index (χ1v) is 12.4. The first kappa shape index (κ1) is 24.1. The van der Waals surface area contributed by atoms with Crippen molar-refractivity contribution in [2.45, 2.75) is 24.7 Å². The van der Waals surface area contributed by atoms with Gasteiger partial charge in [0.25, 0.3) is 0 Å². The Labute approximate surface area is 212 Å². The first-order chi connectivity index (χ1) is 17.8. The summed E-state index contributed by atoms with van der Waals surface area (Å²) in [5, 5.41) is 3.16. The zero-order chi connectivity index (χ0) is 25.7. The van der Waals surface area contributed by atoms with Crippen molar-refractivity contribution in [2.24, 2.45) is 0 Å². The monoisotopic (exact) mass is 515 g/mol. The molecule has 11 heteroatoms. The highest BCUT2D eigenvalue weighted by molar-refractivity contribution is 5.87. The number of hydrogen-bond acceptors (Lipinski definition) is 7. The molecule has 0 atom stereocenters. The summed E-state index contributed by atoms with van der Waals surface area (Å²) in [6, 6.07) is 5.09. The van der Waals surface area contributed by atoms with E-state index in [0.717, 1.165) is 11.3 Å². The molecule has 1 aromatic carbocycles. The molecule has 1 amide bonds. The highest BCUT2D eigenvalue weighted by atomic mass is 19.4. The largest absolute Gasteiger partial charge is 0.486 e. The number of carbonyl (C=O) groups is 1. The summed E-state index contributed by atoms with van der Waals surface area (Å²) >= 11 is 0. The molecule has 5 heterocycles. The van der Waals surface area contributed by atoms with E-state index in [1.807, 2.05) is 6.07 Å². The molecule has 3 fully saturated rings. The summed E-state index contributed by atoms with van der Waals surface area (Å²) in [7, 11) is 0. The van der Waals surface area contributed by atoms with Gasteiger partial charge in [0.2, 0.25) is 5.91 Å². The molecule has 4 aliphatic rings. The smallest absolute Gasteiger partial charge is 0.420 e. The summed E-state index contributed by atoms with van der Waals surface area (Å²) in [6.07, 6.45) is -1.60. The Hall–Kier alpha value is -3.31. The lowest BCUT2D eigenvalue weighted by Gasteiger charge is -2.52. The van der Waals surface area contributed by atoms with Crippen LogP contribution in [0.3, 0.4) is 0 Å². The van der Waals surface area contributed by atoms with Crippen LogP contribution in [0.5, 0.6) is 5.75 Å². The molecule has 0 bridgehead atoms. The summed E-state index contributed by atoms with van der Waals surface area (Å²) in [4.78, 5) is 22.2. The van der Waals surface area contributed by atoms with Crippen molar-refractivity contribution in [3.05, 3.63) is 53.7 Å². The van der Waals surface area contributed by atoms with E-state index in [9.17, 15) is 18.0 Å². The Balaban J connectivity index is 1.25. The Kier molecular flexibility index (Phi) is 5.99. The van der Waals surface area contributed by atoms with Gasteiger partial charge in [-0.2, -0.15) is 13.2 Å². The number of morpholine rings is 1. The normalized spacial score (nSPS) is 20.5. The number of pyridine rings is 1. The van der Waals surface area contributed by atoms with Crippen LogP contribution >= 0.6 is 0 Å². The standard InChI is InChI=1S/C26H28F3N5O3/c1-2-23(35)34-13-18(14-34)33-11-17(12-33)16-9-20(26(27,28)29)24-21(10-16)31-25-19(15-37-24)22(3-4-30-25)32-5-7-36-8-6-32/h2-4,9-10,17-18H,1,5-8,11-15H2,(H,30,31). The quantitative estimate of drug-likeness (QED) is 0.627. The third-order valence-electron chi connectivity index (χ3n) is 7.66. The van der Waals surface area contributed by atoms with Crippen molar-refractivity contribution >= 4 is 23.1 Å². The Morgan fingerprint density at radius 2 is 1.92 bits per heavy atom. The van der Waals surface area contributed by atoms with E-state index in [0.29, 0.717) is 63.9 Å². The number of nitrogens with zero attached hydrogens (tertiary/aromatic N) is 4. The summed E-state index contributed by atoms with van der Waals surface area (Å²) in [5.41, 5.74) is 1.73. The second-order valence-corrected chi connectivity index (χ2v) is 9.87. The molecule has 0 saturated carbocycles. The third-order valence-corrected chi connectivity index (χ3v) is 7.66. The highest BCUT2D eigenvalue weighted by Crippen LogP contribution is 2.47. The molecule has 196 valence electrons. The van der Waals surface area contributed by atoms with E-state index in [1.54, 1.807) is 17.2 Å². The lowest BCUT2D eigenvalue weighted by Crippen LogP contribution is -2.65. The number of halogens is 3. The van der Waals surface area contributed by atoms with E-state index < -0.39 is 11.7 Å². The lowest BCUT2D eigenvalue weighted by molar-refractivity contribution is -0.139. The zero-order valence-electron chi connectivity index (χ0n) is 20.3. The van der Waals surface area contributed by atoms with Gasteiger partial charge in [-0.05, 0) is 29.8 Å². The molecular weight excluding hydrogens is 487 g/mol. The second kappa shape index (κ2) is 9.21. The van der Waals surface area contributed by atoms with Gasteiger partial charge in [-0.1, -0.05) is 6.58 Å². The van der Waals surface area contributed by atoms with E-state index >= 15 is 0 Å². The van der Waals surface area contributed by atoms with Gasteiger partial charge >= 0.3 is 6.18 Å². The summed E-state index contributed by atoms with van der Waals surface area (Å²) in [5.74, 6) is 0.180. The van der Waals surface area contributed by atoms with Crippen LogP contribution in [0.25, 0.3) is 0 Å². The molecule has 0 unspecified atom stereocenters. The van der Waals surface area contributed by atoms with Crippen LogP contribution in [0.15, 0.2) is 37.1 Å². The molecule has 6 rings (SSSR count). The number of likely N-dealkylation sites (tertiary alicyclic amines) is 2. The Bertz CT molecular complexity index is 1220. The molecular formula is C26H28F3N5O3. The minimum Gasteiger partial charge on any atom is -0.486 e. The zero-order valence-corrected chi connectivity index (χ0v) is 20.3. The molecule has 0 aliphatic carbocycles. The molecule has 2 aromatic rings. The van der Waals surface area contributed by atoms with Gasteiger partial charge in [-0.15, -0.1) is 0 Å². The van der Waals surface area contributed by atoms with Crippen LogP contribution in [0.4, 0.5) is 30.4 Å². The number of alkyl halides is 3. The first-order valence-electron chi connectivity index (χ1n) is 12.4. The topological polar surface area (TPSA) is 70.2 Å². The maximum absolute atomic E-state index is 14.2. The predicted octanol–water partition coefficient (Wildman–Crippen LogP) is 3.37. The number of ether oxygens (including phenoxy) is 2. The number of aromatic nitrogens is 1. The van der Waals surface area contributed by atoms with Crippen molar-refractivity contribution in [1.29, 1.82) is 0 Å². The fraction of sp³-hybridized carbons (Fsp3) is 0.462. The molecule has 1 aromatic heterocycles. The van der Waals surface area contributed by atoms with E-state index in [4.69, 9.17) is 9.47 Å². The van der Waals surface area contributed by atoms with Gasteiger partial charge in [0.05, 0.1) is 30.0 Å². The number of anilines is 3. The van der Waals surface area contributed by atoms with Crippen molar-refractivity contribution in [3.63, 3.8) is 0 Å². The lowest BCUT2D eigenvalue weighted by atomic mass is 9.87. The van der Waals surface area contributed by atoms with Gasteiger partial charge in [0.15, 0.2) is 5.75 Å². The van der Waals surface area contributed by atoms with Crippen molar-refractivity contribution in [2.75, 3.05) is 62.7 Å². The minimum atomic E-state index is -4.57. The molecule has 0 spiro atoms. The predicted molar refractivity (Wildman–Crippen MR) is 131 cm³/mol. The number of fused-ring (bicyclic) bond motifs is 2. The van der Waals surface area contributed by atoms with Gasteiger partial charge in [-0.3, -0.25) is 9.69 Å². The van der Waals surface area contributed by atoms with E-state index in [1.165, 1.54) is 12.1 Å². The molecule has 1 N–H and O–H groups in total. The van der Waals surface area contributed by atoms with Crippen molar-refractivity contribution in [3.8, 4) is 5.75 Å². The van der Waals surface area contributed by atoms with Gasteiger partial charge < -0.3 is 24.6 Å². The van der Waals surface area contributed by atoms with Crippen LogP contribution in [0.1, 0.15) is 22.6 Å². The fourth-order valence-corrected chi connectivity index (χ4v) is 5.47. The van der Waals surface area contributed by atoms with Gasteiger partial charge in [0.1, 0.15) is 12.4 Å². The number of hydrogen-bond donors (Lipinski definition) is 1. The average Bonchev–Trinajstić information content (AvgIpc) is 3.02. The summed E-state index contributed by atoms with van der Waals surface area (Å²) < 4.78 is 53.9. The Morgan fingerprint density at radius 1 is 1.16 bits per heavy atom. The average molecular weight is 516 g/mol. The molecule has 3 saturated heterocycles. The van der Waals surface area contributed by atoms with Crippen LogP contribution in [0.2, 0.25) is 0 Å². The third kappa shape index (κ3) is 4.40. The van der Waals surface area contributed by atoms with Crippen molar-refractivity contribution in [1.82, 2.24) is 14.8 Å². The van der Waals surface area contributed by atoms with Crippen LogP contribution in [-0.2, 0) is 22.3 Å². The van der Waals surface area contributed by atoms with Crippen molar-refractivity contribution < 1.29 is 27.4 Å². The maximum atomic E-state index is 14.2. The van der Waals surface area contributed by atoms with Crippen LogP contribution < -0.4 is 15.0 Å². The second-order valence-electron chi connectivity index (χ2n) is 9.87. The van der Waals surface area contributed by atoms with E-state index in [-0.39, 0.29) is 35.9 Å². The van der Waals surface area contributed by atoms with Crippen LogP contribution in [0, 0.1) is 0 Å². The van der Waals surface area contributed by atoms with E-state index in [2.05, 4.69) is 26.7 Å². The minimum absolute atomic E-state index is 0.0168. The van der Waals surface area contributed by atoms with Gasteiger partial charge in [-0.25, -0.2) is 4.98 Å². The molecule has 4 aliphatic heterocycles. The number of amides is 1. The fourth-order valence-electron chi connectivity index (χ4n) is 5.47. The SMILES string of the molecule is C=CC(=O)N1CC(N2CC(c3cc4c(c(C(F)(F)F)c3)OCc3c(N5CCOCC5)ccnc3N4)C2)C1. The number of carbonyl (C=O) groups excluding carboxylic acids is 1. The molecule has 37 heavy (non-hydrogen) atoms. The maximum Gasteiger partial charge on any atom is 0.420 e. The van der Waals surface area contributed by atoms with Crippen LogP contribution in [-0.4, -0.2) is 79.2 Å².